The van der Waals surface area contributed by atoms with E-state index >= 15 is 0 Å². The monoisotopic (exact) mass is 264 g/mol. The molecular weight excluding hydrogens is 232 g/mol. The molecule has 2 nitrogen and oxygen atoms in total. The summed E-state index contributed by atoms with van der Waals surface area (Å²) >= 11 is 0. The van der Waals surface area contributed by atoms with E-state index in [-0.39, 0.29) is 0 Å². The molecule has 0 aromatic rings. The van der Waals surface area contributed by atoms with Gasteiger partial charge in [0.15, 0.2) is 0 Å². The molecule has 1 aliphatic heterocycles. The van der Waals surface area contributed by atoms with Crippen molar-refractivity contribution >= 4 is 0 Å². The van der Waals surface area contributed by atoms with Gasteiger partial charge >= 0.3 is 0 Å². The second-order valence-electron chi connectivity index (χ2n) is 8.01. The van der Waals surface area contributed by atoms with Gasteiger partial charge in [-0.1, -0.05) is 26.7 Å². The molecule has 1 N–H and O–H groups in total. The van der Waals surface area contributed by atoms with Gasteiger partial charge in [-0.15, -0.1) is 0 Å². The Morgan fingerprint density at radius 3 is 2.58 bits per heavy atom. The summed E-state index contributed by atoms with van der Waals surface area (Å²) in [6, 6.07) is 2.44. The Morgan fingerprint density at radius 1 is 1.00 bits per heavy atom. The molecule has 0 amide bonds. The van der Waals surface area contributed by atoms with Crippen LogP contribution in [-0.2, 0) is 0 Å². The van der Waals surface area contributed by atoms with Crippen LogP contribution in [0.1, 0.15) is 65.2 Å². The Labute approximate surface area is 119 Å². The smallest absolute Gasteiger partial charge is 0.0257 e. The summed E-state index contributed by atoms with van der Waals surface area (Å²) in [4.78, 5) is 2.92. The molecule has 4 atom stereocenters. The van der Waals surface area contributed by atoms with Crippen molar-refractivity contribution in [2.24, 2.45) is 11.3 Å². The van der Waals surface area contributed by atoms with Crippen molar-refractivity contribution in [1.82, 2.24) is 10.2 Å². The first-order valence-electron chi connectivity index (χ1n) is 8.54. The third-order valence-corrected chi connectivity index (χ3v) is 6.21. The van der Waals surface area contributed by atoms with E-state index in [9.17, 15) is 0 Å². The molecule has 19 heavy (non-hydrogen) atoms. The highest BCUT2D eigenvalue weighted by Gasteiger charge is 2.44. The fraction of sp³-hybridized carbons (Fsp3) is 1.00. The molecule has 0 radical (unpaired) electrons. The minimum absolute atomic E-state index is 0.546. The standard InChI is InChI=1S/C17H32N2/c1-17(2)10-8-14(18-3)16(12-17)19-11-9-13-6-4-5-7-15(13)19/h13-16,18H,4-12H2,1-3H3. The van der Waals surface area contributed by atoms with Gasteiger partial charge in [-0.05, 0) is 63.5 Å². The summed E-state index contributed by atoms with van der Waals surface area (Å²) in [7, 11) is 2.17. The van der Waals surface area contributed by atoms with Gasteiger partial charge in [0, 0.05) is 18.1 Å². The molecule has 3 fully saturated rings. The average Bonchev–Trinajstić information content (AvgIpc) is 2.81. The van der Waals surface area contributed by atoms with E-state index in [0.717, 1.165) is 24.0 Å². The van der Waals surface area contributed by atoms with Gasteiger partial charge in [0.25, 0.3) is 0 Å². The quantitative estimate of drug-likeness (QED) is 0.822. The van der Waals surface area contributed by atoms with Crippen LogP contribution in [0.15, 0.2) is 0 Å². The van der Waals surface area contributed by atoms with Gasteiger partial charge < -0.3 is 5.32 Å². The Balaban J connectivity index is 1.74. The number of hydrogen-bond acceptors (Lipinski definition) is 2. The lowest BCUT2D eigenvalue weighted by Gasteiger charge is -2.47. The summed E-state index contributed by atoms with van der Waals surface area (Å²) < 4.78 is 0. The van der Waals surface area contributed by atoms with E-state index in [1.54, 1.807) is 0 Å². The van der Waals surface area contributed by atoms with Crippen LogP contribution in [0.2, 0.25) is 0 Å². The summed E-state index contributed by atoms with van der Waals surface area (Å²) in [5.41, 5.74) is 0.546. The Morgan fingerprint density at radius 2 is 1.79 bits per heavy atom. The van der Waals surface area contributed by atoms with Gasteiger partial charge in [0.2, 0.25) is 0 Å². The number of likely N-dealkylation sites (N-methyl/N-ethyl adjacent to an activating group) is 1. The Bertz CT molecular complexity index is 312. The van der Waals surface area contributed by atoms with E-state index in [4.69, 9.17) is 0 Å². The molecule has 1 saturated heterocycles. The molecular formula is C17H32N2. The zero-order chi connectivity index (χ0) is 13.5. The van der Waals surface area contributed by atoms with Crippen molar-refractivity contribution in [1.29, 1.82) is 0 Å². The first-order chi connectivity index (χ1) is 9.11. The molecule has 2 aliphatic carbocycles. The Hall–Kier alpha value is -0.0800. The zero-order valence-electron chi connectivity index (χ0n) is 13.1. The van der Waals surface area contributed by atoms with Crippen molar-refractivity contribution in [2.45, 2.75) is 83.3 Å². The largest absolute Gasteiger partial charge is 0.315 e. The predicted molar refractivity (Wildman–Crippen MR) is 81.3 cm³/mol. The van der Waals surface area contributed by atoms with Crippen molar-refractivity contribution in [2.75, 3.05) is 13.6 Å². The van der Waals surface area contributed by atoms with Crippen LogP contribution in [0.3, 0.4) is 0 Å². The van der Waals surface area contributed by atoms with Crippen LogP contribution in [0.5, 0.6) is 0 Å². The molecule has 0 bridgehead atoms. The van der Waals surface area contributed by atoms with Crippen molar-refractivity contribution < 1.29 is 0 Å². The van der Waals surface area contributed by atoms with Gasteiger partial charge in [-0.3, -0.25) is 4.90 Å². The van der Waals surface area contributed by atoms with Crippen LogP contribution >= 0.6 is 0 Å². The molecule has 2 saturated carbocycles. The highest BCUT2D eigenvalue weighted by Crippen LogP contribution is 2.43. The fourth-order valence-electron chi connectivity index (χ4n) is 5.09. The summed E-state index contributed by atoms with van der Waals surface area (Å²) in [5, 5.41) is 3.62. The number of hydrogen-bond donors (Lipinski definition) is 1. The lowest BCUT2D eigenvalue weighted by atomic mass is 9.72. The Kier molecular flexibility index (Phi) is 3.92. The number of nitrogens with zero attached hydrogens (tertiary/aromatic N) is 1. The van der Waals surface area contributed by atoms with E-state index in [1.807, 2.05) is 0 Å². The topological polar surface area (TPSA) is 15.3 Å². The van der Waals surface area contributed by atoms with E-state index in [1.165, 1.54) is 57.9 Å². The van der Waals surface area contributed by atoms with Crippen LogP contribution in [0, 0.1) is 11.3 Å². The third-order valence-electron chi connectivity index (χ3n) is 6.21. The minimum Gasteiger partial charge on any atom is -0.315 e. The van der Waals surface area contributed by atoms with Crippen LogP contribution in [-0.4, -0.2) is 36.6 Å². The SMILES string of the molecule is CNC1CCC(C)(C)CC1N1CCC2CCCCC21. The molecule has 1 heterocycles. The van der Waals surface area contributed by atoms with Crippen molar-refractivity contribution in [3.8, 4) is 0 Å². The maximum absolute atomic E-state index is 3.62. The highest BCUT2D eigenvalue weighted by molar-refractivity contribution is 5.00. The maximum atomic E-state index is 3.62. The molecule has 3 aliphatic rings. The zero-order valence-corrected chi connectivity index (χ0v) is 13.1. The van der Waals surface area contributed by atoms with Crippen molar-refractivity contribution in [3.05, 3.63) is 0 Å². The number of fused-ring (bicyclic) bond motifs is 1. The third kappa shape index (κ3) is 2.71. The van der Waals surface area contributed by atoms with Gasteiger partial charge in [0.1, 0.15) is 0 Å². The highest BCUT2D eigenvalue weighted by atomic mass is 15.2. The average molecular weight is 264 g/mol. The molecule has 4 unspecified atom stereocenters. The molecule has 3 rings (SSSR count). The number of likely N-dealkylation sites (tertiary alicyclic amines) is 1. The van der Waals surface area contributed by atoms with E-state index < -0.39 is 0 Å². The first-order valence-corrected chi connectivity index (χ1v) is 8.54. The van der Waals surface area contributed by atoms with E-state index in [2.05, 4.69) is 31.1 Å². The van der Waals surface area contributed by atoms with Gasteiger partial charge in [-0.2, -0.15) is 0 Å². The van der Waals surface area contributed by atoms with Crippen LogP contribution < -0.4 is 5.32 Å². The van der Waals surface area contributed by atoms with Gasteiger partial charge in [-0.25, -0.2) is 0 Å². The second-order valence-corrected chi connectivity index (χ2v) is 8.01. The molecule has 0 aromatic carbocycles. The maximum Gasteiger partial charge on any atom is 0.0257 e. The van der Waals surface area contributed by atoms with E-state index in [0.29, 0.717) is 5.41 Å². The molecule has 0 aromatic heterocycles. The minimum atomic E-state index is 0.546. The summed E-state index contributed by atoms with van der Waals surface area (Å²) in [5.74, 6) is 1.02. The lowest BCUT2D eigenvalue weighted by Crippen LogP contribution is -2.56. The molecule has 110 valence electrons. The molecule has 2 heteroatoms. The first kappa shape index (κ1) is 13.9. The second kappa shape index (κ2) is 5.37. The number of rotatable bonds is 2. The van der Waals surface area contributed by atoms with Crippen molar-refractivity contribution in [3.63, 3.8) is 0 Å². The fourth-order valence-corrected chi connectivity index (χ4v) is 5.09. The number of nitrogens with one attached hydrogen (secondary N) is 1. The molecule has 0 spiro atoms. The van der Waals surface area contributed by atoms with Crippen LogP contribution in [0.25, 0.3) is 0 Å². The summed E-state index contributed by atoms with van der Waals surface area (Å²) in [6.45, 7) is 6.31. The normalized spacial score (nSPS) is 43.1. The van der Waals surface area contributed by atoms with Crippen LogP contribution in [0.4, 0.5) is 0 Å². The lowest BCUT2D eigenvalue weighted by molar-refractivity contribution is 0.0432. The summed E-state index contributed by atoms with van der Waals surface area (Å²) in [6.07, 6.45) is 11.5. The predicted octanol–water partition coefficient (Wildman–Crippen LogP) is 3.42. The van der Waals surface area contributed by atoms with Gasteiger partial charge in [0.05, 0.1) is 0 Å².